The molecule has 2 aromatic heterocycles. The largest absolute Gasteiger partial charge is 0.497 e. The summed E-state index contributed by atoms with van der Waals surface area (Å²) in [5.74, 6) is 1.49. The Kier molecular flexibility index (Phi) is 11.9. The van der Waals surface area contributed by atoms with E-state index >= 15 is 0 Å². The molecule has 216 valence electrons. The average Bonchev–Trinajstić information content (AvgIpc) is 3.04. The number of nitrogens with zero attached hydrogens (tertiary/aromatic N) is 2. The zero-order valence-electron chi connectivity index (χ0n) is 24.4. The number of hydrogen-bond donors (Lipinski definition) is 1. The third-order valence-electron chi connectivity index (χ3n) is 7.14. The summed E-state index contributed by atoms with van der Waals surface area (Å²) in [6, 6.07) is 24.0. The number of aryl methyl sites for hydroxylation is 2. The number of carbonyl (C=O) groups excluding carboxylic acids is 1. The van der Waals surface area contributed by atoms with E-state index in [1.165, 1.54) is 11.1 Å². The number of ether oxygens (including phenoxy) is 2. The zero-order valence-corrected chi connectivity index (χ0v) is 24.4. The second-order valence-electron chi connectivity index (χ2n) is 10.1. The molecule has 0 saturated heterocycles. The predicted molar refractivity (Wildman–Crippen MR) is 168 cm³/mol. The number of carbonyl (C=O) groups is 1. The Balaban J connectivity index is 1.43. The van der Waals surface area contributed by atoms with Crippen LogP contribution in [0.2, 0.25) is 0 Å². The third-order valence-corrected chi connectivity index (χ3v) is 7.14. The lowest BCUT2D eigenvalue weighted by atomic mass is 9.97. The highest BCUT2D eigenvalue weighted by Crippen LogP contribution is 2.27. The highest BCUT2D eigenvalue weighted by molar-refractivity contribution is 5.89. The van der Waals surface area contributed by atoms with Crippen molar-refractivity contribution < 1.29 is 14.3 Å². The van der Waals surface area contributed by atoms with E-state index in [0.29, 0.717) is 0 Å². The third kappa shape index (κ3) is 9.73. The van der Waals surface area contributed by atoms with E-state index in [-0.39, 0.29) is 11.9 Å². The normalized spacial score (nSPS) is 10.9. The first-order valence-corrected chi connectivity index (χ1v) is 14.4. The Hall–Kier alpha value is -4.71. The van der Waals surface area contributed by atoms with Gasteiger partial charge in [0.2, 0.25) is 5.91 Å². The number of allylic oxidation sites excluding steroid dienone is 2. The molecule has 1 N–H and O–H groups in total. The van der Waals surface area contributed by atoms with E-state index in [1.807, 2.05) is 85.2 Å². The summed E-state index contributed by atoms with van der Waals surface area (Å²) in [7, 11) is 3.31. The molecule has 0 saturated carbocycles. The fraction of sp³-hybridized carbons (Fsp3) is 0.250. The maximum atomic E-state index is 13.1. The van der Waals surface area contributed by atoms with Crippen LogP contribution in [0.3, 0.4) is 0 Å². The second-order valence-corrected chi connectivity index (χ2v) is 10.1. The van der Waals surface area contributed by atoms with Gasteiger partial charge in [0.1, 0.15) is 11.5 Å². The van der Waals surface area contributed by atoms with Crippen LogP contribution in [0.4, 0.5) is 0 Å². The Morgan fingerprint density at radius 1 is 0.762 bits per heavy atom. The van der Waals surface area contributed by atoms with E-state index < -0.39 is 0 Å². The van der Waals surface area contributed by atoms with Gasteiger partial charge in [0.05, 0.1) is 14.2 Å². The molecule has 0 aliphatic heterocycles. The minimum absolute atomic E-state index is 0.0853. The van der Waals surface area contributed by atoms with Gasteiger partial charge in [-0.3, -0.25) is 14.8 Å². The lowest BCUT2D eigenvalue weighted by Gasteiger charge is -2.18. The molecule has 0 radical (unpaired) electrons. The molecule has 6 nitrogen and oxygen atoms in total. The van der Waals surface area contributed by atoms with Crippen LogP contribution in [0.5, 0.6) is 11.5 Å². The van der Waals surface area contributed by atoms with Crippen molar-refractivity contribution >= 4 is 11.5 Å². The minimum Gasteiger partial charge on any atom is -0.497 e. The van der Waals surface area contributed by atoms with Gasteiger partial charge in [0.15, 0.2) is 0 Å². The van der Waals surface area contributed by atoms with Crippen molar-refractivity contribution in [1.29, 1.82) is 0 Å². The maximum absolute atomic E-state index is 13.1. The molecule has 0 atom stereocenters. The fourth-order valence-electron chi connectivity index (χ4n) is 4.87. The molecule has 1 amide bonds. The summed E-state index contributed by atoms with van der Waals surface area (Å²) in [4.78, 5) is 21.5. The second kappa shape index (κ2) is 16.5. The van der Waals surface area contributed by atoms with Gasteiger partial charge in [-0.05, 0) is 103 Å². The van der Waals surface area contributed by atoms with Gasteiger partial charge in [-0.25, -0.2) is 0 Å². The first-order valence-electron chi connectivity index (χ1n) is 14.4. The number of pyridine rings is 2. The number of hydrogen-bond acceptors (Lipinski definition) is 5. The highest BCUT2D eigenvalue weighted by atomic mass is 16.5. The van der Waals surface area contributed by atoms with Gasteiger partial charge in [0, 0.05) is 36.9 Å². The van der Waals surface area contributed by atoms with Gasteiger partial charge < -0.3 is 14.8 Å². The summed E-state index contributed by atoms with van der Waals surface area (Å²) in [5, 5.41) is 3.25. The van der Waals surface area contributed by atoms with E-state index in [4.69, 9.17) is 9.47 Å². The summed E-state index contributed by atoms with van der Waals surface area (Å²) < 4.78 is 10.7. The Morgan fingerprint density at radius 3 is 1.69 bits per heavy atom. The Bertz CT molecular complexity index is 1320. The van der Waals surface area contributed by atoms with E-state index in [1.54, 1.807) is 32.7 Å². The first-order chi connectivity index (χ1) is 20.6. The van der Waals surface area contributed by atoms with Gasteiger partial charge in [-0.2, -0.15) is 0 Å². The maximum Gasteiger partial charge on any atom is 0.244 e. The van der Waals surface area contributed by atoms with Crippen LogP contribution in [-0.2, 0) is 17.6 Å². The molecule has 0 unspecified atom stereocenters. The van der Waals surface area contributed by atoms with Crippen molar-refractivity contribution in [2.45, 2.75) is 44.6 Å². The molecule has 6 heteroatoms. The summed E-state index contributed by atoms with van der Waals surface area (Å²) in [6.45, 7) is 0. The van der Waals surface area contributed by atoms with Gasteiger partial charge >= 0.3 is 0 Å². The molecule has 0 bridgehead atoms. The number of nitrogens with one attached hydrogen (secondary N) is 1. The Labute approximate surface area is 249 Å². The van der Waals surface area contributed by atoms with Crippen molar-refractivity contribution in [1.82, 2.24) is 15.3 Å². The van der Waals surface area contributed by atoms with Crippen LogP contribution in [0, 0.1) is 0 Å². The van der Waals surface area contributed by atoms with Crippen LogP contribution in [0.25, 0.3) is 5.57 Å². The van der Waals surface area contributed by atoms with Crippen LogP contribution in [0.15, 0.2) is 116 Å². The van der Waals surface area contributed by atoms with Crippen molar-refractivity contribution in [2.24, 2.45) is 0 Å². The molecule has 4 aromatic rings. The Morgan fingerprint density at radius 2 is 1.26 bits per heavy atom. The van der Waals surface area contributed by atoms with Gasteiger partial charge in [0.25, 0.3) is 0 Å². The summed E-state index contributed by atoms with van der Waals surface area (Å²) >= 11 is 0. The number of methoxy groups -OCH3 is 2. The van der Waals surface area contributed by atoms with Crippen LogP contribution < -0.4 is 14.8 Å². The van der Waals surface area contributed by atoms with E-state index in [2.05, 4.69) is 27.4 Å². The van der Waals surface area contributed by atoms with Crippen molar-refractivity contribution in [3.8, 4) is 11.5 Å². The predicted octanol–water partition coefficient (Wildman–Crippen LogP) is 7.01. The van der Waals surface area contributed by atoms with Crippen LogP contribution in [0.1, 0.15) is 47.9 Å². The smallest absolute Gasteiger partial charge is 0.244 e. The number of rotatable bonds is 15. The average molecular weight is 562 g/mol. The minimum atomic E-state index is -0.0946. The zero-order chi connectivity index (χ0) is 29.4. The molecular formula is C36H39N3O3. The molecule has 0 spiro atoms. The molecule has 2 heterocycles. The molecular weight excluding hydrogens is 522 g/mol. The molecule has 4 rings (SSSR count). The van der Waals surface area contributed by atoms with Crippen molar-refractivity contribution in [3.63, 3.8) is 0 Å². The number of amides is 1. The van der Waals surface area contributed by atoms with Gasteiger partial charge in [-0.15, -0.1) is 0 Å². The van der Waals surface area contributed by atoms with Crippen LogP contribution >= 0.6 is 0 Å². The summed E-state index contributed by atoms with van der Waals surface area (Å²) in [6.07, 6.45) is 18.5. The SMILES string of the molecule is COc1ccc(C(=CC=CC(=O)NC(CCCc2cccnc2)CCCc2cccnc2)c2ccc(OC)cc2)cc1. The monoisotopic (exact) mass is 561 g/mol. The van der Waals surface area contributed by atoms with Crippen molar-refractivity contribution in [2.75, 3.05) is 14.2 Å². The number of aromatic nitrogens is 2. The summed E-state index contributed by atoms with van der Waals surface area (Å²) in [5.41, 5.74) is 5.47. The molecule has 2 aromatic carbocycles. The molecule has 0 aliphatic rings. The molecule has 0 fully saturated rings. The van der Waals surface area contributed by atoms with E-state index in [0.717, 1.165) is 66.7 Å². The first kappa shape index (κ1) is 30.3. The van der Waals surface area contributed by atoms with Gasteiger partial charge in [-0.1, -0.05) is 48.6 Å². The van der Waals surface area contributed by atoms with E-state index in [9.17, 15) is 4.79 Å². The molecule has 42 heavy (non-hydrogen) atoms. The lowest BCUT2D eigenvalue weighted by Crippen LogP contribution is -2.33. The number of benzene rings is 2. The fourth-order valence-corrected chi connectivity index (χ4v) is 4.87. The highest BCUT2D eigenvalue weighted by Gasteiger charge is 2.12. The topological polar surface area (TPSA) is 73.3 Å². The molecule has 0 aliphatic carbocycles. The van der Waals surface area contributed by atoms with Crippen molar-refractivity contribution in [3.05, 3.63) is 138 Å². The lowest BCUT2D eigenvalue weighted by molar-refractivity contribution is -0.117. The quantitative estimate of drug-likeness (QED) is 0.125. The van der Waals surface area contributed by atoms with Crippen LogP contribution in [-0.4, -0.2) is 36.1 Å². The standard InChI is InChI=1S/C36H39N3O3/c1-41-33-20-16-30(17-21-33)35(31-18-22-34(42-2)23-19-31)14-5-15-36(40)39-32(12-3-8-28-10-6-24-37-26-28)13-4-9-29-11-7-25-38-27-29/h5-7,10-11,14-27,32H,3-4,8-9,12-13H2,1-2H3,(H,39,40).